The van der Waals surface area contributed by atoms with Crippen LogP contribution in [0.3, 0.4) is 0 Å². The standard InChI is InChI=1S/C14H15N3O2/c1-9(10-5-6-10)17-8-11(14(18)19)13(16-17)12-4-2-3-7-15-12/h2-4,7-10H,5-6H2,1H3,(H,18,19). The fourth-order valence-electron chi connectivity index (χ4n) is 2.24. The van der Waals surface area contributed by atoms with Gasteiger partial charge in [0, 0.05) is 12.4 Å². The first kappa shape index (κ1) is 11.9. The van der Waals surface area contributed by atoms with E-state index in [2.05, 4.69) is 17.0 Å². The smallest absolute Gasteiger partial charge is 0.339 e. The van der Waals surface area contributed by atoms with Gasteiger partial charge in [-0.1, -0.05) is 6.07 Å². The average Bonchev–Trinajstić information content (AvgIpc) is 3.17. The molecule has 2 aromatic rings. The summed E-state index contributed by atoms with van der Waals surface area (Å²) >= 11 is 0. The topological polar surface area (TPSA) is 68.0 Å². The minimum atomic E-state index is -0.963. The van der Waals surface area contributed by atoms with Crippen molar-refractivity contribution in [1.29, 1.82) is 0 Å². The van der Waals surface area contributed by atoms with Crippen molar-refractivity contribution in [2.45, 2.75) is 25.8 Å². The maximum Gasteiger partial charge on any atom is 0.339 e. The zero-order valence-electron chi connectivity index (χ0n) is 10.7. The summed E-state index contributed by atoms with van der Waals surface area (Å²) in [5, 5.41) is 13.7. The summed E-state index contributed by atoms with van der Waals surface area (Å²) in [6.07, 6.45) is 5.66. The van der Waals surface area contributed by atoms with Crippen LogP contribution in [-0.2, 0) is 0 Å². The van der Waals surface area contributed by atoms with Gasteiger partial charge in [0.2, 0.25) is 0 Å². The third kappa shape index (κ3) is 2.23. The largest absolute Gasteiger partial charge is 0.478 e. The molecule has 1 fully saturated rings. The van der Waals surface area contributed by atoms with Gasteiger partial charge in [0.1, 0.15) is 11.3 Å². The molecule has 0 aromatic carbocycles. The van der Waals surface area contributed by atoms with E-state index in [9.17, 15) is 9.90 Å². The Hall–Kier alpha value is -2.17. The first-order valence-corrected chi connectivity index (χ1v) is 6.40. The molecular weight excluding hydrogens is 242 g/mol. The Morgan fingerprint density at radius 1 is 1.47 bits per heavy atom. The van der Waals surface area contributed by atoms with Gasteiger partial charge >= 0.3 is 5.97 Å². The van der Waals surface area contributed by atoms with E-state index in [0.29, 0.717) is 17.3 Å². The zero-order chi connectivity index (χ0) is 13.4. The van der Waals surface area contributed by atoms with Crippen molar-refractivity contribution in [1.82, 2.24) is 14.8 Å². The van der Waals surface area contributed by atoms with Crippen LogP contribution >= 0.6 is 0 Å². The van der Waals surface area contributed by atoms with Crippen LogP contribution in [0.5, 0.6) is 0 Å². The molecule has 1 aliphatic rings. The van der Waals surface area contributed by atoms with E-state index in [4.69, 9.17) is 0 Å². The lowest BCUT2D eigenvalue weighted by atomic mass is 10.2. The molecule has 0 amide bonds. The second kappa shape index (κ2) is 4.50. The van der Waals surface area contributed by atoms with Crippen LogP contribution in [0.15, 0.2) is 30.6 Å². The van der Waals surface area contributed by atoms with E-state index >= 15 is 0 Å². The molecule has 1 aliphatic carbocycles. The van der Waals surface area contributed by atoms with E-state index in [1.54, 1.807) is 29.2 Å². The number of carbonyl (C=O) groups is 1. The quantitative estimate of drug-likeness (QED) is 0.914. The van der Waals surface area contributed by atoms with Gasteiger partial charge in [-0.25, -0.2) is 4.79 Å². The van der Waals surface area contributed by atoms with Gasteiger partial charge in [-0.3, -0.25) is 9.67 Å². The third-order valence-electron chi connectivity index (χ3n) is 3.59. The fraction of sp³-hybridized carbons (Fsp3) is 0.357. The van der Waals surface area contributed by atoms with Gasteiger partial charge in [-0.05, 0) is 37.8 Å². The van der Waals surface area contributed by atoms with Crippen LogP contribution in [0.4, 0.5) is 0 Å². The number of hydrogen-bond donors (Lipinski definition) is 1. The predicted octanol–water partition coefficient (Wildman–Crippen LogP) is 2.61. The van der Waals surface area contributed by atoms with E-state index in [0.717, 1.165) is 0 Å². The summed E-state index contributed by atoms with van der Waals surface area (Å²) in [6, 6.07) is 5.65. The number of aromatic nitrogens is 3. The van der Waals surface area contributed by atoms with Crippen molar-refractivity contribution in [3.05, 3.63) is 36.2 Å². The zero-order valence-corrected chi connectivity index (χ0v) is 10.7. The molecule has 0 spiro atoms. The molecule has 0 bridgehead atoms. The molecule has 19 heavy (non-hydrogen) atoms. The molecule has 1 N–H and O–H groups in total. The summed E-state index contributed by atoms with van der Waals surface area (Å²) in [6.45, 7) is 2.08. The van der Waals surface area contributed by atoms with Crippen LogP contribution in [0, 0.1) is 5.92 Å². The highest BCUT2D eigenvalue weighted by atomic mass is 16.4. The highest BCUT2D eigenvalue weighted by Crippen LogP contribution is 2.39. The number of carboxylic acids is 1. The summed E-state index contributed by atoms with van der Waals surface area (Å²) in [5.41, 5.74) is 1.26. The number of pyridine rings is 1. The molecule has 5 heteroatoms. The van der Waals surface area contributed by atoms with Crippen molar-refractivity contribution < 1.29 is 9.90 Å². The van der Waals surface area contributed by atoms with Gasteiger partial charge in [0.05, 0.1) is 11.7 Å². The van der Waals surface area contributed by atoms with Crippen molar-refractivity contribution >= 4 is 5.97 Å². The lowest BCUT2D eigenvalue weighted by Gasteiger charge is -2.09. The molecule has 1 atom stereocenters. The van der Waals surface area contributed by atoms with Gasteiger partial charge in [-0.2, -0.15) is 5.10 Å². The Kier molecular flexibility index (Phi) is 2.81. The predicted molar refractivity (Wildman–Crippen MR) is 69.9 cm³/mol. The van der Waals surface area contributed by atoms with E-state index in [-0.39, 0.29) is 11.6 Å². The van der Waals surface area contributed by atoms with Crippen LogP contribution in [0.1, 0.15) is 36.2 Å². The number of hydrogen-bond acceptors (Lipinski definition) is 3. The number of rotatable bonds is 4. The molecule has 3 rings (SSSR count). The normalized spacial score (nSPS) is 16.3. The Labute approximate surface area is 110 Å². The van der Waals surface area contributed by atoms with Crippen molar-refractivity contribution in [2.24, 2.45) is 5.92 Å². The van der Waals surface area contributed by atoms with Gasteiger partial charge in [0.25, 0.3) is 0 Å². The average molecular weight is 257 g/mol. The molecule has 98 valence electrons. The second-order valence-electron chi connectivity index (χ2n) is 4.97. The number of aromatic carboxylic acids is 1. The van der Waals surface area contributed by atoms with Crippen LogP contribution < -0.4 is 0 Å². The molecule has 2 heterocycles. The second-order valence-corrected chi connectivity index (χ2v) is 4.97. The molecule has 5 nitrogen and oxygen atoms in total. The van der Waals surface area contributed by atoms with Crippen molar-refractivity contribution in [2.75, 3.05) is 0 Å². The molecule has 0 radical (unpaired) electrons. The lowest BCUT2D eigenvalue weighted by Crippen LogP contribution is -2.07. The Balaban J connectivity index is 2.04. The Morgan fingerprint density at radius 3 is 2.84 bits per heavy atom. The monoisotopic (exact) mass is 257 g/mol. The summed E-state index contributed by atoms with van der Waals surface area (Å²) in [5.74, 6) is -0.340. The maximum atomic E-state index is 11.3. The first-order valence-electron chi connectivity index (χ1n) is 6.40. The summed E-state index contributed by atoms with van der Waals surface area (Å²) in [7, 11) is 0. The molecular formula is C14H15N3O2. The minimum Gasteiger partial charge on any atom is -0.478 e. The van der Waals surface area contributed by atoms with E-state index < -0.39 is 5.97 Å². The highest BCUT2D eigenvalue weighted by molar-refractivity contribution is 5.94. The van der Waals surface area contributed by atoms with E-state index in [1.165, 1.54) is 12.8 Å². The van der Waals surface area contributed by atoms with E-state index in [1.807, 2.05) is 6.07 Å². The molecule has 0 saturated heterocycles. The van der Waals surface area contributed by atoms with Gasteiger partial charge in [0.15, 0.2) is 0 Å². The van der Waals surface area contributed by atoms with Gasteiger partial charge in [-0.15, -0.1) is 0 Å². The Bertz CT molecular complexity index is 602. The fourth-order valence-corrected chi connectivity index (χ4v) is 2.24. The highest BCUT2D eigenvalue weighted by Gasteiger charge is 2.31. The van der Waals surface area contributed by atoms with Crippen LogP contribution in [0.25, 0.3) is 11.4 Å². The lowest BCUT2D eigenvalue weighted by molar-refractivity contribution is 0.0697. The number of nitrogens with zero attached hydrogens (tertiary/aromatic N) is 3. The molecule has 1 unspecified atom stereocenters. The summed E-state index contributed by atoms with van der Waals surface area (Å²) in [4.78, 5) is 15.5. The SMILES string of the molecule is CC(C1CC1)n1cc(C(=O)O)c(-c2ccccn2)n1. The van der Waals surface area contributed by atoms with Crippen molar-refractivity contribution in [3.63, 3.8) is 0 Å². The van der Waals surface area contributed by atoms with Gasteiger partial charge < -0.3 is 5.11 Å². The summed E-state index contributed by atoms with van der Waals surface area (Å²) < 4.78 is 1.77. The Morgan fingerprint density at radius 2 is 2.26 bits per heavy atom. The van der Waals surface area contributed by atoms with Crippen LogP contribution in [-0.4, -0.2) is 25.8 Å². The maximum absolute atomic E-state index is 11.3. The number of carboxylic acid groups (broad SMARTS) is 1. The molecule has 2 aromatic heterocycles. The third-order valence-corrected chi connectivity index (χ3v) is 3.59. The first-order chi connectivity index (χ1) is 9.16. The minimum absolute atomic E-state index is 0.214. The van der Waals surface area contributed by atoms with Crippen molar-refractivity contribution in [3.8, 4) is 11.4 Å². The molecule has 0 aliphatic heterocycles. The van der Waals surface area contributed by atoms with Crippen LogP contribution in [0.2, 0.25) is 0 Å². The molecule has 1 saturated carbocycles.